The molecular weight excluding hydrogens is 268 g/mol. The van der Waals surface area contributed by atoms with E-state index in [-0.39, 0.29) is 0 Å². The first-order valence-corrected chi connectivity index (χ1v) is 4.41. The summed E-state index contributed by atoms with van der Waals surface area (Å²) in [6, 6.07) is 0. The van der Waals surface area contributed by atoms with Gasteiger partial charge in [0.1, 0.15) is 0 Å². The zero-order valence-corrected chi connectivity index (χ0v) is 8.34. The molecule has 0 heterocycles. The molecule has 78 valence electrons. The smallest absolute Gasteiger partial charge is 0.176 e. The minimum absolute atomic E-state index is 0.473. The Bertz CT molecular complexity index is 338. The lowest BCUT2D eigenvalue weighted by Gasteiger charge is -2.07. The molecule has 0 unspecified atom stereocenters. The molecule has 0 bridgehead atoms. The number of aliphatic hydroxyl groups excluding tert-OH is 1. The van der Waals surface area contributed by atoms with E-state index in [2.05, 4.69) is 15.9 Å². The van der Waals surface area contributed by atoms with Crippen molar-refractivity contribution in [1.29, 1.82) is 0 Å². The van der Waals surface area contributed by atoms with Gasteiger partial charge in [-0.3, -0.25) is 0 Å². The van der Waals surface area contributed by atoms with Crippen LogP contribution >= 0.6 is 15.9 Å². The summed E-state index contributed by atoms with van der Waals surface area (Å²) in [6.45, 7) is -0.589. The van der Waals surface area contributed by atoms with Gasteiger partial charge in [0.15, 0.2) is 23.3 Å². The highest BCUT2D eigenvalue weighted by Crippen LogP contribution is 2.28. The third-order valence-corrected chi connectivity index (χ3v) is 2.36. The second-order valence-electron chi connectivity index (χ2n) is 2.52. The Morgan fingerprint density at radius 1 is 0.929 bits per heavy atom. The molecule has 0 fully saturated rings. The third kappa shape index (κ3) is 1.76. The summed E-state index contributed by atoms with van der Waals surface area (Å²) >= 11 is 2.37. The Labute approximate surface area is 85.5 Å². The van der Waals surface area contributed by atoms with Crippen LogP contribution < -0.4 is 0 Å². The second-order valence-corrected chi connectivity index (χ2v) is 3.32. The van der Waals surface area contributed by atoms with Gasteiger partial charge in [-0.15, -0.1) is 0 Å². The van der Waals surface area contributed by atoms with E-state index in [0.717, 1.165) is 0 Å². The summed E-state index contributed by atoms with van der Waals surface area (Å²) in [6.07, 6.45) is -0.473. The van der Waals surface area contributed by atoms with Gasteiger partial charge in [-0.05, 0) is 15.9 Å². The molecular formula is C8H5BrF4O. The molecule has 0 aliphatic carbocycles. The topological polar surface area (TPSA) is 20.2 Å². The van der Waals surface area contributed by atoms with E-state index in [4.69, 9.17) is 5.11 Å². The van der Waals surface area contributed by atoms with Gasteiger partial charge in [0, 0.05) is 18.6 Å². The molecule has 0 amide bonds. The quantitative estimate of drug-likeness (QED) is 0.498. The molecule has 1 rings (SSSR count). The second kappa shape index (κ2) is 4.27. The third-order valence-electron chi connectivity index (χ3n) is 1.66. The Morgan fingerprint density at radius 3 is 1.71 bits per heavy atom. The molecule has 1 aromatic rings. The number of benzene rings is 1. The number of hydrogen-bond donors (Lipinski definition) is 1. The van der Waals surface area contributed by atoms with E-state index in [9.17, 15) is 17.6 Å². The monoisotopic (exact) mass is 272 g/mol. The molecule has 1 nitrogen and oxygen atoms in total. The van der Waals surface area contributed by atoms with Crippen LogP contribution in [0.4, 0.5) is 17.6 Å². The Kier molecular flexibility index (Phi) is 3.49. The molecule has 0 saturated heterocycles. The lowest BCUT2D eigenvalue weighted by molar-refractivity contribution is 0.292. The van der Waals surface area contributed by atoms with Crippen molar-refractivity contribution in [2.45, 2.75) is 6.42 Å². The van der Waals surface area contributed by atoms with Crippen LogP contribution in [0, 0.1) is 23.3 Å². The first-order valence-electron chi connectivity index (χ1n) is 3.61. The summed E-state index contributed by atoms with van der Waals surface area (Å²) in [4.78, 5) is 0. The van der Waals surface area contributed by atoms with Crippen LogP contribution in [-0.2, 0) is 6.42 Å². The van der Waals surface area contributed by atoms with Crippen LogP contribution in [0.25, 0.3) is 0 Å². The molecule has 6 heteroatoms. The fourth-order valence-corrected chi connectivity index (χ4v) is 1.33. The first kappa shape index (κ1) is 11.5. The van der Waals surface area contributed by atoms with Crippen molar-refractivity contribution in [1.82, 2.24) is 0 Å². The summed E-state index contributed by atoms with van der Waals surface area (Å²) in [5.74, 6) is -5.95. The maximum absolute atomic E-state index is 13.0. The van der Waals surface area contributed by atoms with Crippen molar-refractivity contribution in [2.75, 3.05) is 6.61 Å². The van der Waals surface area contributed by atoms with Crippen LogP contribution in [0.2, 0.25) is 0 Å². The SMILES string of the molecule is OCCc1c(F)c(F)c(Br)c(F)c1F. The van der Waals surface area contributed by atoms with Gasteiger partial charge in [0.2, 0.25) is 0 Å². The molecule has 0 aliphatic heterocycles. The van der Waals surface area contributed by atoms with Gasteiger partial charge >= 0.3 is 0 Å². The average Bonchev–Trinajstić information content (AvgIpc) is 2.19. The van der Waals surface area contributed by atoms with E-state index in [1.54, 1.807) is 0 Å². The first-order chi connectivity index (χ1) is 6.50. The zero-order chi connectivity index (χ0) is 10.9. The standard InChI is InChI=1S/C8H5BrF4O/c9-4-7(12)5(10)3(1-2-14)6(11)8(4)13/h14H,1-2H2. The highest BCUT2D eigenvalue weighted by atomic mass is 79.9. The van der Waals surface area contributed by atoms with Gasteiger partial charge in [-0.2, -0.15) is 0 Å². The maximum atomic E-state index is 13.0. The Balaban J connectivity index is 3.43. The summed E-state index contributed by atoms with van der Waals surface area (Å²) in [5, 5.41) is 8.43. The minimum Gasteiger partial charge on any atom is -0.396 e. The fourth-order valence-electron chi connectivity index (χ4n) is 0.982. The van der Waals surface area contributed by atoms with Gasteiger partial charge in [0.25, 0.3) is 0 Å². The summed E-state index contributed by atoms with van der Waals surface area (Å²) in [7, 11) is 0. The Morgan fingerprint density at radius 2 is 1.36 bits per heavy atom. The van der Waals surface area contributed by atoms with Crippen LogP contribution in [-0.4, -0.2) is 11.7 Å². The van der Waals surface area contributed by atoms with E-state index in [1.807, 2.05) is 0 Å². The van der Waals surface area contributed by atoms with Crippen molar-refractivity contribution in [3.05, 3.63) is 33.3 Å². The normalized spacial score (nSPS) is 10.7. The number of aliphatic hydroxyl groups is 1. The average molecular weight is 273 g/mol. The van der Waals surface area contributed by atoms with Crippen LogP contribution in [0.5, 0.6) is 0 Å². The molecule has 0 aromatic heterocycles. The van der Waals surface area contributed by atoms with Gasteiger partial charge in [-0.25, -0.2) is 17.6 Å². The van der Waals surface area contributed by atoms with Crippen LogP contribution in [0.1, 0.15) is 5.56 Å². The highest BCUT2D eigenvalue weighted by Gasteiger charge is 2.23. The lowest BCUT2D eigenvalue weighted by Crippen LogP contribution is -2.06. The zero-order valence-electron chi connectivity index (χ0n) is 6.75. The van der Waals surface area contributed by atoms with Crippen molar-refractivity contribution in [2.24, 2.45) is 0 Å². The summed E-state index contributed by atoms with van der Waals surface area (Å²) in [5.41, 5.74) is -0.786. The van der Waals surface area contributed by atoms with E-state index in [1.165, 1.54) is 0 Å². The molecule has 0 saturated carbocycles. The van der Waals surface area contributed by atoms with Gasteiger partial charge in [-0.1, -0.05) is 0 Å². The molecule has 1 N–H and O–H groups in total. The van der Waals surface area contributed by atoms with Crippen molar-refractivity contribution < 1.29 is 22.7 Å². The largest absolute Gasteiger partial charge is 0.396 e. The van der Waals surface area contributed by atoms with E-state index in [0.29, 0.717) is 0 Å². The van der Waals surface area contributed by atoms with Crippen molar-refractivity contribution in [3.8, 4) is 0 Å². The van der Waals surface area contributed by atoms with Gasteiger partial charge in [0.05, 0.1) is 4.47 Å². The fraction of sp³-hybridized carbons (Fsp3) is 0.250. The number of hydrogen-bond acceptors (Lipinski definition) is 1. The minimum atomic E-state index is -1.49. The van der Waals surface area contributed by atoms with Gasteiger partial charge < -0.3 is 5.11 Å². The van der Waals surface area contributed by atoms with Crippen molar-refractivity contribution >= 4 is 15.9 Å². The van der Waals surface area contributed by atoms with E-state index >= 15 is 0 Å². The maximum Gasteiger partial charge on any atom is 0.176 e. The predicted octanol–water partition coefficient (Wildman–Crippen LogP) is 2.54. The van der Waals surface area contributed by atoms with Crippen LogP contribution in [0.3, 0.4) is 0 Å². The molecule has 0 radical (unpaired) electrons. The molecule has 0 aliphatic rings. The highest BCUT2D eigenvalue weighted by molar-refractivity contribution is 9.10. The van der Waals surface area contributed by atoms with Crippen molar-refractivity contribution in [3.63, 3.8) is 0 Å². The Hall–Kier alpha value is -0.620. The molecule has 0 atom stereocenters. The summed E-state index contributed by atoms with van der Waals surface area (Å²) < 4.78 is 50.7. The number of rotatable bonds is 2. The lowest BCUT2D eigenvalue weighted by atomic mass is 10.1. The van der Waals surface area contributed by atoms with Crippen LogP contribution in [0.15, 0.2) is 4.47 Å². The molecule has 14 heavy (non-hydrogen) atoms. The predicted molar refractivity (Wildman–Crippen MR) is 44.8 cm³/mol. The molecule has 1 aromatic carbocycles. The number of halogens is 5. The van der Waals surface area contributed by atoms with E-state index < -0.39 is 46.3 Å². The molecule has 0 spiro atoms.